The Kier molecular flexibility index (Phi) is 5.73. The van der Waals surface area contributed by atoms with Gasteiger partial charge in [0.05, 0.1) is 37.6 Å². The van der Waals surface area contributed by atoms with Crippen molar-refractivity contribution < 1.29 is 18.3 Å². The van der Waals surface area contributed by atoms with E-state index >= 15 is 0 Å². The molecule has 7 nitrogen and oxygen atoms in total. The standard InChI is InChI=1S/C21H23FN4O3/c1-15(17-11-23-26(12-17)20-5-3-2-4-19(20)22)24-21(27)16-10-18(29-14-16)13-25-6-8-28-9-7-25/h2-5,10-12,14-15H,6-9,13H2,1H3,(H,24,27)/t15-/m1/s1. The molecular weight excluding hydrogens is 375 g/mol. The molecule has 0 unspecified atom stereocenters. The molecule has 3 heterocycles. The first kappa shape index (κ1) is 19.4. The Morgan fingerprint density at radius 3 is 2.90 bits per heavy atom. The van der Waals surface area contributed by atoms with Gasteiger partial charge in [0.15, 0.2) is 0 Å². The molecule has 8 heteroatoms. The zero-order valence-corrected chi connectivity index (χ0v) is 16.2. The van der Waals surface area contributed by atoms with Crippen LogP contribution in [0.3, 0.4) is 0 Å². The second-order valence-corrected chi connectivity index (χ2v) is 7.06. The highest BCUT2D eigenvalue weighted by molar-refractivity contribution is 5.94. The number of halogens is 1. The maximum Gasteiger partial charge on any atom is 0.255 e. The first-order valence-electron chi connectivity index (χ1n) is 9.58. The van der Waals surface area contributed by atoms with Gasteiger partial charge in [-0.2, -0.15) is 5.10 Å². The fourth-order valence-corrected chi connectivity index (χ4v) is 3.26. The lowest BCUT2D eigenvalue weighted by Gasteiger charge is -2.25. The number of amides is 1. The monoisotopic (exact) mass is 398 g/mol. The smallest absolute Gasteiger partial charge is 0.255 e. The van der Waals surface area contributed by atoms with Crippen LogP contribution in [0.2, 0.25) is 0 Å². The SMILES string of the molecule is C[C@@H](NC(=O)c1coc(CN2CCOCC2)c1)c1cnn(-c2ccccc2F)c1. The van der Waals surface area contributed by atoms with E-state index in [1.54, 1.807) is 36.7 Å². The molecule has 1 aliphatic rings. The van der Waals surface area contributed by atoms with Crippen molar-refractivity contribution in [3.05, 3.63) is 71.7 Å². The average molecular weight is 398 g/mol. The minimum absolute atomic E-state index is 0.229. The van der Waals surface area contributed by atoms with Gasteiger partial charge in [0.1, 0.15) is 23.5 Å². The molecule has 0 spiro atoms. The van der Waals surface area contributed by atoms with Crippen molar-refractivity contribution >= 4 is 5.91 Å². The highest BCUT2D eigenvalue weighted by Gasteiger charge is 2.18. The summed E-state index contributed by atoms with van der Waals surface area (Å²) in [4.78, 5) is 14.8. The summed E-state index contributed by atoms with van der Waals surface area (Å²) in [6.45, 7) is 5.64. The number of carbonyl (C=O) groups is 1. The molecule has 1 N–H and O–H groups in total. The number of ether oxygens (including phenoxy) is 1. The molecule has 3 aromatic rings. The number of hydrogen-bond donors (Lipinski definition) is 1. The lowest BCUT2D eigenvalue weighted by molar-refractivity contribution is 0.0313. The van der Waals surface area contributed by atoms with Crippen LogP contribution < -0.4 is 5.32 Å². The number of nitrogens with one attached hydrogen (secondary N) is 1. The van der Waals surface area contributed by atoms with E-state index < -0.39 is 0 Å². The first-order chi connectivity index (χ1) is 14.1. The number of benzene rings is 1. The Balaban J connectivity index is 1.38. The van der Waals surface area contributed by atoms with E-state index in [1.807, 2.05) is 6.92 Å². The highest BCUT2D eigenvalue weighted by Crippen LogP contribution is 2.18. The van der Waals surface area contributed by atoms with Gasteiger partial charge in [0, 0.05) is 24.8 Å². The Bertz CT molecular complexity index is 978. The second kappa shape index (κ2) is 8.59. The third-order valence-electron chi connectivity index (χ3n) is 4.95. The number of morpholine rings is 1. The molecule has 1 fully saturated rings. The molecular formula is C21H23FN4O3. The summed E-state index contributed by atoms with van der Waals surface area (Å²) in [6.07, 6.45) is 4.81. The van der Waals surface area contributed by atoms with E-state index in [0.717, 1.165) is 24.4 Å². The number of carbonyl (C=O) groups excluding carboxylic acids is 1. The zero-order valence-electron chi connectivity index (χ0n) is 16.2. The van der Waals surface area contributed by atoms with E-state index in [0.29, 0.717) is 31.0 Å². The van der Waals surface area contributed by atoms with Gasteiger partial charge < -0.3 is 14.5 Å². The van der Waals surface area contributed by atoms with Crippen LogP contribution in [0.4, 0.5) is 4.39 Å². The van der Waals surface area contributed by atoms with E-state index in [9.17, 15) is 9.18 Å². The summed E-state index contributed by atoms with van der Waals surface area (Å²) in [5.74, 6) is 0.162. The number of para-hydroxylation sites is 1. The first-order valence-corrected chi connectivity index (χ1v) is 9.58. The van der Waals surface area contributed by atoms with E-state index in [2.05, 4.69) is 15.3 Å². The Morgan fingerprint density at radius 1 is 1.31 bits per heavy atom. The van der Waals surface area contributed by atoms with Crippen molar-refractivity contribution in [2.24, 2.45) is 0 Å². The maximum atomic E-state index is 13.9. The summed E-state index contributed by atoms with van der Waals surface area (Å²) in [5, 5.41) is 7.14. The van der Waals surface area contributed by atoms with Gasteiger partial charge in [-0.25, -0.2) is 9.07 Å². The predicted molar refractivity (Wildman–Crippen MR) is 104 cm³/mol. The molecule has 0 radical (unpaired) electrons. The van der Waals surface area contributed by atoms with Gasteiger partial charge in [-0.3, -0.25) is 9.69 Å². The average Bonchev–Trinajstić information content (AvgIpc) is 3.39. The molecule has 1 atom stereocenters. The van der Waals surface area contributed by atoms with Crippen molar-refractivity contribution in [1.29, 1.82) is 0 Å². The summed E-state index contributed by atoms with van der Waals surface area (Å²) < 4.78 is 26.3. The number of nitrogens with zero attached hydrogens (tertiary/aromatic N) is 3. The van der Waals surface area contributed by atoms with Gasteiger partial charge in [0.2, 0.25) is 0 Å². The number of rotatable bonds is 6. The van der Waals surface area contributed by atoms with Crippen LogP contribution in [0, 0.1) is 5.82 Å². The number of aromatic nitrogens is 2. The zero-order chi connectivity index (χ0) is 20.2. The lowest BCUT2D eigenvalue weighted by Crippen LogP contribution is -2.35. The summed E-state index contributed by atoms with van der Waals surface area (Å²) in [5.41, 5.74) is 1.61. The fourth-order valence-electron chi connectivity index (χ4n) is 3.26. The summed E-state index contributed by atoms with van der Waals surface area (Å²) in [7, 11) is 0. The van der Waals surface area contributed by atoms with E-state index in [4.69, 9.17) is 9.15 Å². The molecule has 4 rings (SSSR count). The van der Waals surface area contributed by atoms with Gasteiger partial charge in [0.25, 0.3) is 5.91 Å². The summed E-state index contributed by atoms with van der Waals surface area (Å²) >= 11 is 0. The van der Waals surface area contributed by atoms with Crippen LogP contribution in [0.1, 0.15) is 34.6 Å². The minimum Gasteiger partial charge on any atom is -0.467 e. The maximum absolute atomic E-state index is 13.9. The third kappa shape index (κ3) is 4.55. The van der Waals surface area contributed by atoms with Gasteiger partial charge in [-0.15, -0.1) is 0 Å². The van der Waals surface area contributed by atoms with Crippen LogP contribution >= 0.6 is 0 Å². The van der Waals surface area contributed by atoms with Crippen molar-refractivity contribution in [3.8, 4) is 5.69 Å². The van der Waals surface area contributed by atoms with E-state index in [1.165, 1.54) is 17.0 Å². The predicted octanol–water partition coefficient (Wildman–Crippen LogP) is 2.93. The molecule has 1 saturated heterocycles. The molecule has 0 saturated carbocycles. The molecule has 152 valence electrons. The van der Waals surface area contributed by atoms with Gasteiger partial charge in [-0.1, -0.05) is 12.1 Å². The second-order valence-electron chi connectivity index (χ2n) is 7.06. The van der Waals surface area contributed by atoms with Crippen LogP contribution in [-0.2, 0) is 11.3 Å². The Hall–Kier alpha value is -2.97. The van der Waals surface area contributed by atoms with Crippen LogP contribution in [0.15, 0.2) is 53.4 Å². The van der Waals surface area contributed by atoms with Crippen LogP contribution in [0.25, 0.3) is 5.69 Å². The van der Waals surface area contributed by atoms with Gasteiger partial charge >= 0.3 is 0 Å². The largest absolute Gasteiger partial charge is 0.467 e. The molecule has 29 heavy (non-hydrogen) atoms. The van der Waals surface area contributed by atoms with Crippen molar-refractivity contribution in [1.82, 2.24) is 20.0 Å². The minimum atomic E-state index is -0.356. The normalized spacial score (nSPS) is 15.9. The van der Waals surface area contributed by atoms with Crippen molar-refractivity contribution in [3.63, 3.8) is 0 Å². The van der Waals surface area contributed by atoms with Gasteiger partial charge in [-0.05, 0) is 25.1 Å². The number of furan rings is 1. The summed E-state index contributed by atoms with van der Waals surface area (Å²) in [6, 6.07) is 7.88. The molecule has 0 bridgehead atoms. The van der Waals surface area contributed by atoms with Crippen molar-refractivity contribution in [2.75, 3.05) is 26.3 Å². The Morgan fingerprint density at radius 2 is 2.10 bits per heavy atom. The Labute approximate surface area is 168 Å². The fraction of sp³-hybridized carbons (Fsp3) is 0.333. The quantitative estimate of drug-likeness (QED) is 0.691. The molecule has 2 aromatic heterocycles. The molecule has 1 aliphatic heterocycles. The molecule has 1 aromatic carbocycles. The van der Waals surface area contributed by atoms with Crippen molar-refractivity contribution in [2.45, 2.75) is 19.5 Å². The highest BCUT2D eigenvalue weighted by atomic mass is 19.1. The molecule has 0 aliphatic carbocycles. The molecule has 1 amide bonds. The number of hydrogen-bond acceptors (Lipinski definition) is 5. The topological polar surface area (TPSA) is 72.5 Å². The van der Waals surface area contributed by atoms with Crippen LogP contribution in [0.5, 0.6) is 0 Å². The third-order valence-corrected chi connectivity index (χ3v) is 4.95. The van der Waals surface area contributed by atoms with E-state index in [-0.39, 0.29) is 17.8 Å². The lowest BCUT2D eigenvalue weighted by atomic mass is 10.1. The van der Waals surface area contributed by atoms with Crippen LogP contribution in [-0.4, -0.2) is 46.9 Å².